The van der Waals surface area contributed by atoms with Gasteiger partial charge >= 0.3 is 0 Å². The molecule has 3 rings (SSSR count). The van der Waals surface area contributed by atoms with Crippen molar-refractivity contribution in [3.05, 3.63) is 69.6 Å². The fourth-order valence-electron chi connectivity index (χ4n) is 2.91. The van der Waals surface area contributed by atoms with E-state index in [1.165, 1.54) is 47.4 Å². The van der Waals surface area contributed by atoms with Crippen LogP contribution in [0, 0.1) is 5.82 Å². The van der Waals surface area contributed by atoms with Gasteiger partial charge in [0.25, 0.3) is 11.8 Å². The number of imide groups is 1. The van der Waals surface area contributed by atoms with Gasteiger partial charge in [0.15, 0.2) is 0 Å². The molecule has 0 saturated carbocycles. The summed E-state index contributed by atoms with van der Waals surface area (Å²) in [4.78, 5) is 28.7. The van der Waals surface area contributed by atoms with Crippen LogP contribution in [0.2, 0.25) is 10.0 Å². The number of halogens is 3. The van der Waals surface area contributed by atoms with Gasteiger partial charge in [-0.2, -0.15) is 0 Å². The summed E-state index contributed by atoms with van der Waals surface area (Å²) in [5, 5.41) is 9.79. The summed E-state index contributed by atoms with van der Waals surface area (Å²) in [6, 6.07) is 9.69. The van der Waals surface area contributed by atoms with E-state index >= 15 is 0 Å². The Morgan fingerprint density at radius 2 is 1.63 bits per heavy atom. The van der Waals surface area contributed by atoms with E-state index in [1.807, 2.05) is 0 Å². The van der Waals surface area contributed by atoms with Gasteiger partial charge in [0.2, 0.25) is 0 Å². The molecule has 0 bridgehead atoms. The zero-order valence-corrected chi connectivity index (χ0v) is 15.8. The Balaban J connectivity index is 2.14. The molecule has 1 aliphatic rings. The van der Waals surface area contributed by atoms with Gasteiger partial charge in [0.05, 0.1) is 17.9 Å². The molecular formula is C19H15Cl2FN2O3. The molecule has 0 spiro atoms. The van der Waals surface area contributed by atoms with Crippen LogP contribution in [0.25, 0.3) is 5.57 Å². The first-order valence-electron chi connectivity index (χ1n) is 8.00. The lowest BCUT2D eigenvalue weighted by atomic mass is 10.0. The van der Waals surface area contributed by atoms with Crippen LogP contribution in [0.5, 0.6) is 0 Å². The van der Waals surface area contributed by atoms with E-state index in [4.69, 9.17) is 23.2 Å². The van der Waals surface area contributed by atoms with Crippen LogP contribution in [0.15, 0.2) is 48.2 Å². The summed E-state index contributed by atoms with van der Waals surface area (Å²) in [5.41, 5.74) is 0.850. The van der Waals surface area contributed by atoms with Crippen LogP contribution < -0.4 is 4.90 Å². The van der Waals surface area contributed by atoms with Crippen LogP contribution in [-0.4, -0.2) is 42.0 Å². The topological polar surface area (TPSA) is 60.9 Å². The number of anilines is 1. The molecule has 2 amide bonds. The van der Waals surface area contributed by atoms with Crippen molar-refractivity contribution in [1.29, 1.82) is 0 Å². The molecule has 1 heterocycles. The number of aliphatic hydroxyl groups is 1. The molecule has 0 atom stereocenters. The average molecular weight is 409 g/mol. The molecule has 2 aromatic rings. The Kier molecular flexibility index (Phi) is 5.51. The van der Waals surface area contributed by atoms with Gasteiger partial charge < -0.3 is 10.0 Å². The number of nitrogens with zero attached hydrogens (tertiary/aromatic N) is 2. The van der Waals surface area contributed by atoms with Crippen molar-refractivity contribution < 1.29 is 19.1 Å². The Bertz CT molecular complexity index is 924. The van der Waals surface area contributed by atoms with Crippen LogP contribution in [0.3, 0.4) is 0 Å². The fourth-order valence-corrected chi connectivity index (χ4v) is 3.43. The standard InChI is InChI=1S/C19H15Cl2FN2O3/c1-23(6-7-25)17-16(11-2-4-14(22)5-3-11)18(26)24(19(17)27)15-9-12(20)8-13(21)10-15/h2-5,8-10,25H,6-7H2,1H3. The molecule has 1 aliphatic heterocycles. The van der Waals surface area contributed by atoms with E-state index in [-0.39, 0.29) is 40.2 Å². The third-order valence-corrected chi connectivity index (χ3v) is 4.55. The minimum Gasteiger partial charge on any atom is -0.395 e. The molecule has 0 aromatic heterocycles. The summed E-state index contributed by atoms with van der Waals surface area (Å²) in [5.74, 6) is -1.61. The molecule has 5 nitrogen and oxygen atoms in total. The van der Waals surface area contributed by atoms with E-state index in [0.29, 0.717) is 5.56 Å². The second-order valence-electron chi connectivity index (χ2n) is 5.95. The molecular weight excluding hydrogens is 394 g/mol. The highest BCUT2D eigenvalue weighted by Crippen LogP contribution is 2.36. The van der Waals surface area contributed by atoms with Crippen molar-refractivity contribution >= 4 is 46.3 Å². The largest absolute Gasteiger partial charge is 0.395 e. The van der Waals surface area contributed by atoms with Crippen molar-refractivity contribution in [3.8, 4) is 0 Å². The van der Waals surface area contributed by atoms with Crippen molar-refractivity contribution in [2.24, 2.45) is 0 Å². The number of amides is 2. The SMILES string of the molecule is CN(CCO)C1=C(c2ccc(F)cc2)C(=O)N(c2cc(Cl)cc(Cl)c2)C1=O. The first-order chi connectivity index (χ1) is 12.8. The van der Waals surface area contributed by atoms with E-state index < -0.39 is 17.6 Å². The Morgan fingerprint density at radius 1 is 1.04 bits per heavy atom. The average Bonchev–Trinajstić information content (AvgIpc) is 2.85. The summed E-state index contributed by atoms with van der Waals surface area (Å²) >= 11 is 12.0. The van der Waals surface area contributed by atoms with Crippen molar-refractivity contribution in [2.75, 3.05) is 25.1 Å². The van der Waals surface area contributed by atoms with E-state index in [9.17, 15) is 19.1 Å². The molecule has 8 heteroatoms. The smallest absolute Gasteiger partial charge is 0.282 e. The quantitative estimate of drug-likeness (QED) is 0.770. The van der Waals surface area contributed by atoms with Crippen LogP contribution in [0.1, 0.15) is 5.56 Å². The normalized spacial score (nSPS) is 14.3. The number of hydrogen-bond acceptors (Lipinski definition) is 4. The third-order valence-electron chi connectivity index (χ3n) is 4.11. The molecule has 2 aromatic carbocycles. The van der Waals surface area contributed by atoms with Gasteiger partial charge in [-0.05, 0) is 35.9 Å². The predicted octanol–water partition coefficient (Wildman–Crippen LogP) is 3.34. The lowest BCUT2D eigenvalue weighted by Crippen LogP contribution is -2.34. The zero-order chi connectivity index (χ0) is 19.7. The third kappa shape index (κ3) is 3.69. The van der Waals surface area contributed by atoms with Gasteiger partial charge in [-0.1, -0.05) is 35.3 Å². The number of aliphatic hydroxyl groups excluding tert-OH is 1. The number of hydrogen-bond donors (Lipinski definition) is 1. The molecule has 0 unspecified atom stereocenters. The predicted molar refractivity (Wildman–Crippen MR) is 102 cm³/mol. The first kappa shape index (κ1) is 19.4. The molecule has 0 saturated heterocycles. The molecule has 27 heavy (non-hydrogen) atoms. The van der Waals surface area contributed by atoms with Crippen molar-refractivity contribution in [3.63, 3.8) is 0 Å². The highest BCUT2D eigenvalue weighted by atomic mass is 35.5. The minimum absolute atomic E-state index is 0.108. The first-order valence-corrected chi connectivity index (χ1v) is 8.76. The Morgan fingerprint density at radius 3 is 2.19 bits per heavy atom. The summed E-state index contributed by atoms with van der Waals surface area (Å²) in [7, 11) is 1.59. The van der Waals surface area contributed by atoms with E-state index in [1.54, 1.807) is 7.05 Å². The maximum Gasteiger partial charge on any atom is 0.282 e. The van der Waals surface area contributed by atoms with Crippen LogP contribution in [-0.2, 0) is 9.59 Å². The zero-order valence-electron chi connectivity index (χ0n) is 14.2. The molecule has 0 fully saturated rings. The molecule has 0 aliphatic carbocycles. The van der Waals surface area contributed by atoms with Crippen LogP contribution >= 0.6 is 23.2 Å². The van der Waals surface area contributed by atoms with Gasteiger partial charge in [0, 0.05) is 23.6 Å². The molecule has 140 valence electrons. The van der Waals surface area contributed by atoms with E-state index in [2.05, 4.69) is 0 Å². The maximum absolute atomic E-state index is 13.3. The van der Waals surface area contributed by atoms with Crippen molar-refractivity contribution in [2.45, 2.75) is 0 Å². The monoisotopic (exact) mass is 408 g/mol. The second kappa shape index (κ2) is 7.68. The number of carbonyl (C=O) groups excluding carboxylic acids is 2. The number of benzene rings is 2. The van der Waals surface area contributed by atoms with Gasteiger partial charge in [-0.25, -0.2) is 9.29 Å². The summed E-state index contributed by atoms with van der Waals surface area (Å²) in [6.45, 7) is -0.0651. The lowest BCUT2D eigenvalue weighted by Gasteiger charge is -2.20. The lowest BCUT2D eigenvalue weighted by molar-refractivity contribution is -0.120. The fraction of sp³-hybridized carbons (Fsp3) is 0.158. The minimum atomic E-state index is -0.579. The molecule has 0 radical (unpaired) electrons. The van der Waals surface area contributed by atoms with Gasteiger partial charge in [-0.3, -0.25) is 9.59 Å². The van der Waals surface area contributed by atoms with E-state index in [0.717, 1.165) is 4.90 Å². The maximum atomic E-state index is 13.3. The summed E-state index contributed by atoms with van der Waals surface area (Å²) < 4.78 is 13.3. The highest BCUT2D eigenvalue weighted by Gasteiger charge is 2.41. The summed E-state index contributed by atoms with van der Waals surface area (Å²) in [6.07, 6.45) is 0. The number of likely N-dealkylation sites (N-methyl/N-ethyl adjacent to an activating group) is 1. The van der Waals surface area contributed by atoms with Crippen LogP contribution in [0.4, 0.5) is 10.1 Å². The second-order valence-corrected chi connectivity index (χ2v) is 6.82. The Labute approximate surface area is 165 Å². The Hall–Kier alpha value is -2.41. The van der Waals surface area contributed by atoms with Gasteiger partial charge in [-0.15, -0.1) is 0 Å². The van der Waals surface area contributed by atoms with Gasteiger partial charge in [0.1, 0.15) is 11.5 Å². The van der Waals surface area contributed by atoms with Crippen molar-refractivity contribution in [1.82, 2.24) is 4.90 Å². The number of rotatable bonds is 5. The molecule has 1 N–H and O–H groups in total. The highest BCUT2D eigenvalue weighted by molar-refractivity contribution is 6.46. The number of carbonyl (C=O) groups is 2.